The van der Waals surface area contributed by atoms with Crippen LogP contribution in [0.25, 0.3) is 21.0 Å². The molecule has 8 rings (SSSR count). The van der Waals surface area contributed by atoms with E-state index in [4.69, 9.17) is 18.3 Å². The van der Waals surface area contributed by atoms with E-state index in [2.05, 4.69) is 31.8 Å². The Hall–Kier alpha value is -5.59. The number of para-hydroxylation sites is 1. The first-order valence-corrected chi connectivity index (χ1v) is 24.2. The second kappa shape index (κ2) is 16.8. The first kappa shape index (κ1) is 44.0. The van der Waals surface area contributed by atoms with Gasteiger partial charge in [-0.15, -0.1) is 11.3 Å². The van der Waals surface area contributed by atoms with Gasteiger partial charge in [0.25, 0.3) is 5.56 Å². The molecule has 3 heterocycles. The molecule has 5 atom stereocenters. The second-order valence-corrected chi connectivity index (χ2v) is 23.9. The molecule has 0 radical (unpaired) electrons. The van der Waals surface area contributed by atoms with Crippen LogP contribution in [0, 0.1) is 30.1 Å². The van der Waals surface area contributed by atoms with E-state index in [-0.39, 0.29) is 36.3 Å². The van der Waals surface area contributed by atoms with Crippen molar-refractivity contribution in [1.82, 2.24) is 14.1 Å². The molecule has 2 aliphatic rings. The van der Waals surface area contributed by atoms with Crippen LogP contribution in [0.15, 0.2) is 111 Å². The van der Waals surface area contributed by atoms with Gasteiger partial charge >= 0.3 is 20.0 Å². The van der Waals surface area contributed by atoms with Gasteiger partial charge < -0.3 is 23.4 Å². The smallest absolute Gasteiger partial charge is 0.333 e. The number of carbonyl (C=O) groups excluding carboxylic acids is 1. The van der Waals surface area contributed by atoms with Crippen LogP contribution in [0.3, 0.4) is 0 Å². The Bertz CT molecular complexity index is 2730. The molecule has 2 aliphatic carbocycles. The van der Waals surface area contributed by atoms with Crippen molar-refractivity contribution in [2.24, 2.45) is 11.8 Å². The van der Waals surface area contributed by atoms with Gasteiger partial charge in [0, 0.05) is 5.56 Å². The van der Waals surface area contributed by atoms with Gasteiger partial charge in [-0.05, 0) is 85.3 Å². The molecule has 3 unspecified atom stereocenters. The molecule has 0 saturated heterocycles. The van der Waals surface area contributed by atoms with Gasteiger partial charge in [-0.25, -0.2) is 14.3 Å². The third-order valence-corrected chi connectivity index (χ3v) is 19.4. The monoisotopic (exact) mass is 886 g/mol. The number of oxazole rings is 1. The highest BCUT2D eigenvalue weighted by molar-refractivity contribution is 7.22. The minimum atomic E-state index is -3.48. The highest BCUT2D eigenvalue weighted by Gasteiger charge is 2.55. The Morgan fingerprint density at radius 1 is 0.984 bits per heavy atom. The van der Waals surface area contributed by atoms with E-state index in [9.17, 15) is 10.4 Å². The molecule has 0 spiro atoms. The zero-order valence-electron chi connectivity index (χ0n) is 36.8. The summed E-state index contributed by atoms with van der Waals surface area (Å²) in [6.07, 6.45) is 4.55. The fourth-order valence-electron chi connectivity index (χ4n) is 10.2. The van der Waals surface area contributed by atoms with Gasteiger partial charge in [-0.1, -0.05) is 99.6 Å². The Balaban J connectivity index is 1.27. The van der Waals surface area contributed by atoms with Crippen molar-refractivity contribution in [2.45, 2.75) is 109 Å². The summed E-state index contributed by atoms with van der Waals surface area (Å²) in [5.41, 5.74) is -2.87. The molecule has 12 nitrogen and oxygen atoms in total. The van der Waals surface area contributed by atoms with Gasteiger partial charge in [0.05, 0.1) is 54.3 Å². The van der Waals surface area contributed by atoms with E-state index in [1.165, 1.54) is 28.4 Å². The van der Waals surface area contributed by atoms with Gasteiger partial charge in [0.2, 0.25) is 5.89 Å². The summed E-state index contributed by atoms with van der Waals surface area (Å²) in [7, 11) is -1.90. The van der Waals surface area contributed by atoms with Gasteiger partial charge in [0.1, 0.15) is 28.5 Å². The van der Waals surface area contributed by atoms with Crippen LogP contribution >= 0.6 is 11.3 Å². The summed E-state index contributed by atoms with van der Waals surface area (Å²) in [5.74, 6) is 0.533. The minimum Gasteiger partial charge on any atom is -0.508 e. The molecule has 6 aromatic rings. The maximum Gasteiger partial charge on any atom is 0.333 e. The molecule has 14 heteroatoms. The number of benzene rings is 3. The SMILES string of the molecule is COc1ccccc1C(Cn1c(=O)n(C(C)(C)C(=O)O[Si](c2ccccc2)(c2ccccc2)C(C)(C)C)c(=O)c2c(C)c(-c3ncco3)sc21)OC1C[C@@H]2CC(O)(CC#N)C[C@@H]2C1. The van der Waals surface area contributed by atoms with Crippen molar-refractivity contribution in [2.75, 3.05) is 7.11 Å². The predicted molar refractivity (Wildman–Crippen MR) is 245 cm³/mol. The second-order valence-electron chi connectivity index (χ2n) is 18.7. The van der Waals surface area contributed by atoms with Crippen LogP contribution < -0.4 is 26.4 Å². The van der Waals surface area contributed by atoms with Crippen molar-refractivity contribution in [3.63, 3.8) is 0 Å². The van der Waals surface area contributed by atoms with E-state index in [1.807, 2.05) is 84.9 Å². The van der Waals surface area contributed by atoms with Gasteiger partial charge in [-0.3, -0.25) is 14.2 Å². The normalized spacial score (nSPS) is 20.7. The highest BCUT2D eigenvalue weighted by Crippen LogP contribution is 2.51. The number of thiophene rings is 1. The number of methoxy groups -OCH3 is 1. The average Bonchev–Trinajstić information content (AvgIpc) is 4.05. The molecule has 3 aromatic heterocycles. The van der Waals surface area contributed by atoms with E-state index in [0.29, 0.717) is 58.2 Å². The maximum absolute atomic E-state index is 15.5. The minimum absolute atomic E-state index is 0.0367. The number of rotatable bonds is 13. The number of aromatic nitrogens is 3. The van der Waals surface area contributed by atoms with Crippen molar-refractivity contribution < 1.29 is 28.2 Å². The van der Waals surface area contributed by atoms with Crippen molar-refractivity contribution >= 4 is 46.2 Å². The average molecular weight is 887 g/mol. The van der Waals surface area contributed by atoms with Gasteiger partial charge in [0.15, 0.2) is 0 Å². The lowest BCUT2D eigenvalue weighted by molar-refractivity contribution is -0.144. The molecule has 2 saturated carbocycles. The Kier molecular flexibility index (Phi) is 11.8. The van der Waals surface area contributed by atoms with Crippen LogP contribution in [0.5, 0.6) is 5.75 Å². The number of hydrogen-bond acceptors (Lipinski definition) is 11. The first-order chi connectivity index (χ1) is 30.0. The Morgan fingerprint density at radius 3 is 2.14 bits per heavy atom. The summed E-state index contributed by atoms with van der Waals surface area (Å²) in [6, 6.07) is 29.2. The summed E-state index contributed by atoms with van der Waals surface area (Å²) in [4.78, 5) is 51.2. The number of nitriles is 1. The van der Waals surface area contributed by atoms with E-state index < -0.39 is 47.8 Å². The zero-order valence-corrected chi connectivity index (χ0v) is 38.6. The number of hydrogen-bond donors (Lipinski definition) is 1. The predicted octanol–water partition coefficient (Wildman–Crippen LogP) is 7.63. The summed E-state index contributed by atoms with van der Waals surface area (Å²) < 4.78 is 28.2. The molecule has 63 heavy (non-hydrogen) atoms. The van der Waals surface area contributed by atoms with E-state index in [1.54, 1.807) is 27.9 Å². The quantitative estimate of drug-likeness (QED) is 0.114. The van der Waals surface area contributed by atoms with Crippen LogP contribution in [0.2, 0.25) is 5.04 Å². The van der Waals surface area contributed by atoms with Crippen LogP contribution in [-0.4, -0.2) is 52.3 Å². The molecular formula is C49H54N4O8SSi. The van der Waals surface area contributed by atoms with Crippen LogP contribution in [-0.2, 0) is 26.0 Å². The van der Waals surface area contributed by atoms with E-state index >= 15 is 14.4 Å². The Morgan fingerprint density at radius 2 is 1.59 bits per heavy atom. The van der Waals surface area contributed by atoms with Crippen molar-refractivity contribution in [3.05, 3.63) is 129 Å². The van der Waals surface area contributed by atoms with Crippen molar-refractivity contribution in [3.8, 4) is 22.6 Å². The lowest BCUT2D eigenvalue weighted by Gasteiger charge is -2.43. The van der Waals surface area contributed by atoms with E-state index in [0.717, 1.165) is 14.9 Å². The third kappa shape index (κ3) is 7.79. The fourth-order valence-corrected chi connectivity index (χ4v) is 15.9. The fraction of sp³-hybridized carbons (Fsp3) is 0.408. The zero-order chi connectivity index (χ0) is 44.9. The number of carbonyl (C=O) groups is 1. The summed E-state index contributed by atoms with van der Waals surface area (Å²) >= 11 is 1.22. The number of ether oxygens (including phenoxy) is 2. The molecule has 3 aromatic carbocycles. The first-order valence-electron chi connectivity index (χ1n) is 21.4. The lowest BCUT2D eigenvalue weighted by atomic mass is 9.94. The maximum atomic E-state index is 15.5. The van der Waals surface area contributed by atoms with Crippen molar-refractivity contribution in [1.29, 1.82) is 5.26 Å². The molecule has 2 fully saturated rings. The number of aryl methyl sites for hydroxylation is 1. The molecular weight excluding hydrogens is 833 g/mol. The lowest BCUT2D eigenvalue weighted by Crippen LogP contribution is -2.69. The molecule has 1 N–H and O–H groups in total. The number of nitrogens with zero attached hydrogens (tertiary/aromatic N) is 4. The molecule has 0 amide bonds. The molecule has 0 bridgehead atoms. The standard InChI is InChI=1S/C49H54N4O8SSi/c1-31-40-43(54)53(48(5,6)45(55)61-63(47(2,3)4,35-16-10-8-11-17-35)36-18-12-9-13-19-36)46(56)52(44(40)62-41(31)42-51-24-25-59-42)30-39(37-20-14-15-21-38(37)58-7)60-34-26-32-28-49(57,22-23-50)29-33(32)27-34/h8-21,24-25,32-34,39,57H,22,26-30H2,1-7H3/t32-,33+,34?,39?,49?. The molecule has 0 aliphatic heterocycles. The topological polar surface area (TPSA) is 159 Å². The molecule has 328 valence electrons. The summed E-state index contributed by atoms with van der Waals surface area (Å²) in [6.45, 7) is 11.1. The van der Waals surface area contributed by atoms with Crippen LogP contribution in [0.4, 0.5) is 0 Å². The highest BCUT2D eigenvalue weighted by atomic mass is 32.1. The largest absolute Gasteiger partial charge is 0.508 e. The Labute approximate surface area is 371 Å². The summed E-state index contributed by atoms with van der Waals surface area (Å²) in [5, 5.41) is 21.9. The van der Waals surface area contributed by atoms with Crippen LogP contribution in [0.1, 0.15) is 84.0 Å². The van der Waals surface area contributed by atoms with Gasteiger partial charge in [-0.2, -0.15) is 5.26 Å². The number of fused-ring (bicyclic) bond motifs is 2. The third-order valence-electron chi connectivity index (χ3n) is 13.2. The number of aliphatic hydroxyl groups is 1.